The van der Waals surface area contributed by atoms with Gasteiger partial charge in [0.1, 0.15) is 12.1 Å². The number of hydrogen-bond donors (Lipinski definition) is 2. The maximum absolute atomic E-state index is 12.2. The molecule has 0 aromatic heterocycles. The second-order valence-electron chi connectivity index (χ2n) is 4.73. The Bertz CT molecular complexity index is 396. The number of carbonyl (C=O) groups is 3. The van der Waals surface area contributed by atoms with Gasteiger partial charge in [0.05, 0.1) is 7.11 Å². The summed E-state index contributed by atoms with van der Waals surface area (Å²) < 4.78 is 5.20. The van der Waals surface area contributed by atoms with E-state index >= 15 is 0 Å². The Hall–Kier alpha value is -1.37. The molecule has 0 bridgehead atoms. The third kappa shape index (κ3) is 6.70. The number of ether oxygens (including phenoxy) is 1. The molecule has 0 fully saturated rings. The van der Waals surface area contributed by atoms with Crippen molar-refractivity contribution in [3.05, 3.63) is 11.1 Å². The highest BCUT2D eigenvalue weighted by Gasteiger charge is 2.28. The first-order valence-electron chi connectivity index (χ1n) is 6.17. The Morgan fingerprint density at radius 3 is 2.15 bits per heavy atom. The van der Waals surface area contributed by atoms with Gasteiger partial charge >= 0.3 is 5.97 Å². The lowest BCUT2D eigenvalue weighted by molar-refractivity contribution is -0.145. The van der Waals surface area contributed by atoms with E-state index in [2.05, 4.69) is 37.9 Å². The normalized spacial score (nSPS) is 13.3. The molecule has 114 valence electrons. The maximum atomic E-state index is 12.2. The molecular formula is C13H21BrN2O4. The van der Waals surface area contributed by atoms with Crippen LogP contribution in [-0.2, 0) is 19.1 Å². The predicted octanol–water partition coefficient (Wildman–Crippen LogP) is 1.10. The first-order valence-corrected chi connectivity index (χ1v) is 6.96. The minimum atomic E-state index is -0.839. The van der Waals surface area contributed by atoms with Crippen molar-refractivity contribution in [3.63, 3.8) is 0 Å². The zero-order chi connectivity index (χ0) is 15.9. The zero-order valence-corrected chi connectivity index (χ0v) is 13.7. The van der Waals surface area contributed by atoms with Crippen LogP contribution in [0.5, 0.6) is 0 Å². The molecule has 2 amide bonds. The third-order valence-corrected chi connectivity index (χ3v) is 2.86. The molecule has 0 rings (SSSR count). The van der Waals surface area contributed by atoms with Gasteiger partial charge in [-0.15, -0.1) is 0 Å². The first-order chi connectivity index (χ1) is 9.18. The van der Waals surface area contributed by atoms with Gasteiger partial charge < -0.3 is 15.4 Å². The number of amides is 2. The van der Waals surface area contributed by atoms with E-state index in [1.807, 2.05) is 0 Å². The van der Waals surface area contributed by atoms with E-state index in [4.69, 9.17) is 0 Å². The minimum absolute atomic E-state index is 0.107. The standard InChI is InChI=1S/C13H21BrN2O4/c1-7(2)11(15-9(4)17)12(18)16-10(6-8(3)14)13(19)20-5/h7,10-11H,3,6H2,1-2,4-5H3,(H,15,17)(H,16,18)/t10-,11+/m0/s1. The predicted molar refractivity (Wildman–Crippen MR) is 79.1 cm³/mol. The van der Waals surface area contributed by atoms with Crippen LogP contribution < -0.4 is 10.6 Å². The molecule has 0 unspecified atom stereocenters. The van der Waals surface area contributed by atoms with E-state index in [0.29, 0.717) is 4.48 Å². The van der Waals surface area contributed by atoms with E-state index in [9.17, 15) is 14.4 Å². The summed E-state index contributed by atoms with van der Waals surface area (Å²) >= 11 is 3.15. The molecule has 0 aromatic rings. The van der Waals surface area contributed by atoms with Crippen LogP contribution in [-0.4, -0.2) is 37.0 Å². The Labute approximate surface area is 127 Å². The number of carbonyl (C=O) groups excluding carboxylic acids is 3. The van der Waals surface area contributed by atoms with Gasteiger partial charge in [0.15, 0.2) is 0 Å². The Balaban J connectivity index is 4.90. The van der Waals surface area contributed by atoms with E-state index in [1.54, 1.807) is 13.8 Å². The summed E-state index contributed by atoms with van der Waals surface area (Å²) in [5.74, 6) is -1.41. The van der Waals surface area contributed by atoms with Crippen molar-refractivity contribution in [1.82, 2.24) is 10.6 Å². The lowest BCUT2D eigenvalue weighted by atomic mass is 10.0. The number of hydrogen-bond acceptors (Lipinski definition) is 4. The van der Waals surface area contributed by atoms with Crippen LogP contribution in [0, 0.1) is 5.92 Å². The summed E-state index contributed by atoms with van der Waals surface area (Å²) in [6.07, 6.45) is 0.212. The molecule has 0 aliphatic rings. The van der Waals surface area contributed by atoms with E-state index in [-0.39, 0.29) is 18.2 Å². The van der Waals surface area contributed by atoms with Gasteiger partial charge in [0.2, 0.25) is 11.8 Å². The number of rotatable bonds is 7. The molecule has 0 heterocycles. The van der Waals surface area contributed by atoms with Crippen LogP contribution >= 0.6 is 15.9 Å². The van der Waals surface area contributed by atoms with Crippen molar-refractivity contribution in [2.45, 2.75) is 39.3 Å². The largest absolute Gasteiger partial charge is 0.467 e. The number of halogens is 1. The molecule has 0 radical (unpaired) electrons. The summed E-state index contributed by atoms with van der Waals surface area (Å²) in [7, 11) is 1.24. The summed E-state index contributed by atoms with van der Waals surface area (Å²) in [6.45, 7) is 8.57. The second-order valence-corrected chi connectivity index (χ2v) is 5.85. The smallest absolute Gasteiger partial charge is 0.328 e. The van der Waals surface area contributed by atoms with Gasteiger partial charge in [-0.3, -0.25) is 9.59 Å². The van der Waals surface area contributed by atoms with Gasteiger partial charge in [-0.25, -0.2) is 4.79 Å². The van der Waals surface area contributed by atoms with Crippen LogP contribution in [0.3, 0.4) is 0 Å². The summed E-state index contributed by atoms with van der Waals surface area (Å²) in [5, 5.41) is 5.12. The molecule has 6 nitrogen and oxygen atoms in total. The fourth-order valence-corrected chi connectivity index (χ4v) is 1.90. The molecule has 0 aliphatic carbocycles. The SMILES string of the molecule is C=C(Br)C[C@H](NC(=O)[C@H](NC(C)=O)C(C)C)C(=O)OC. The third-order valence-electron chi connectivity index (χ3n) is 2.54. The van der Waals surface area contributed by atoms with Crippen molar-refractivity contribution in [1.29, 1.82) is 0 Å². The average molecular weight is 349 g/mol. The van der Waals surface area contributed by atoms with E-state index in [1.165, 1.54) is 14.0 Å². The molecule has 2 N–H and O–H groups in total. The molecule has 7 heteroatoms. The molecule has 0 aromatic carbocycles. The second kappa shape index (κ2) is 8.73. The van der Waals surface area contributed by atoms with Crippen molar-refractivity contribution >= 4 is 33.7 Å². The topological polar surface area (TPSA) is 84.5 Å². The summed E-state index contributed by atoms with van der Waals surface area (Å²) in [6, 6.07) is -1.54. The highest BCUT2D eigenvalue weighted by molar-refractivity contribution is 9.11. The average Bonchev–Trinajstić information content (AvgIpc) is 2.32. The number of esters is 1. The minimum Gasteiger partial charge on any atom is -0.467 e. The zero-order valence-electron chi connectivity index (χ0n) is 12.2. The quantitative estimate of drug-likeness (QED) is 0.675. The fourth-order valence-electron chi connectivity index (χ4n) is 1.57. The molecular weight excluding hydrogens is 328 g/mol. The van der Waals surface area contributed by atoms with E-state index in [0.717, 1.165) is 0 Å². The van der Waals surface area contributed by atoms with Gasteiger partial charge in [-0.2, -0.15) is 0 Å². The molecule has 0 spiro atoms. The Kier molecular flexibility index (Phi) is 8.13. The van der Waals surface area contributed by atoms with Crippen LogP contribution in [0.1, 0.15) is 27.2 Å². The van der Waals surface area contributed by atoms with Gasteiger partial charge in [0, 0.05) is 13.3 Å². The fraction of sp³-hybridized carbons (Fsp3) is 0.615. The number of nitrogens with one attached hydrogen (secondary N) is 2. The van der Waals surface area contributed by atoms with Crippen molar-refractivity contribution in [3.8, 4) is 0 Å². The first kappa shape index (κ1) is 18.6. The molecule has 0 saturated carbocycles. The van der Waals surface area contributed by atoms with E-state index < -0.39 is 24.0 Å². The molecule has 2 atom stereocenters. The molecule has 0 saturated heterocycles. The Morgan fingerprint density at radius 1 is 1.25 bits per heavy atom. The van der Waals surface area contributed by atoms with Crippen LogP contribution in [0.15, 0.2) is 11.1 Å². The Morgan fingerprint density at radius 2 is 1.80 bits per heavy atom. The highest BCUT2D eigenvalue weighted by atomic mass is 79.9. The summed E-state index contributed by atoms with van der Waals surface area (Å²) in [5.41, 5.74) is 0. The maximum Gasteiger partial charge on any atom is 0.328 e. The van der Waals surface area contributed by atoms with Crippen LogP contribution in [0.4, 0.5) is 0 Å². The number of methoxy groups -OCH3 is 1. The van der Waals surface area contributed by atoms with Crippen molar-refractivity contribution < 1.29 is 19.1 Å². The van der Waals surface area contributed by atoms with Gasteiger partial charge in [-0.05, 0) is 10.4 Å². The highest BCUT2D eigenvalue weighted by Crippen LogP contribution is 2.12. The lowest BCUT2D eigenvalue weighted by Crippen LogP contribution is -2.53. The molecule has 20 heavy (non-hydrogen) atoms. The van der Waals surface area contributed by atoms with Gasteiger partial charge in [0.25, 0.3) is 0 Å². The van der Waals surface area contributed by atoms with Crippen LogP contribution in [0.2, 0.25) is 0 Å². The monoisotopic (exact) mass is 348 g/mol. The van der Waals surface area contributed by atoms with Crippen molar-refractivity contribution in [2.75, 3.05) is 7.11 Å². The van der Waals surface area contributed by atoms with Gasteiger partial charge in [-0.1, -0.05) is 36.4 Å². The molecule has 0 aliphatic heterocycles. The van der Waals surface area contributed by atoms with Crippen LogP contribution in [0.25, 0.3) is 0 Å². The lowest BCUT2D eigenvalue weighted by Gasteiger charge is -2.24. The van der Waals surface area contributed by atoms with Crippen molar-refractivity contribution in [2.24, 2.45) is 5.92 Å². The summed E-state index contributed by atoms with van der Waals surface area (Å²) in [4.78, 5) is 34.9.